The minimum atomic E-state index is -0.413. The first-order valence-electron chi connectivity index (χ1n) is 7.81. The van der Waals surface area contributed by atoms with E-state index in [1.165, 1.54) is 6.07 Å². The van der Waals surface area contributed by atoms with Gasteiger partial charge in [-0.25, -0.2) is 4.79 Å². The van der Waals surface area contributed by atoms with Gasteiger partial charge < -0.3 is 14.4 Å². The standard InChI is InChI=1S/C16H22N2O5/c1-3-23-16(19)17-10-4-5-13(17)7-6-12-11-14(18(20)21)8-9-15(12)22-2/h8-9,11,13H,3-7,10H2,1-2H3. The molecule has 2 rings (SSSR count). The molecule has 0 radical (unpaired) electrons. The molecular weight excluding hydrogens is 300 g/mol. The minimum absolute atomic E-state index is 0.0504. The molecule has 0 aliphatic carbocycles. The SMILES string of the molecule is CCOC(=O)N1CCCC1CCc1cc([N+](=O)[O-])ccc1OC. The summed E-state index contributed by atoms with van der Waals surface area (Å²) < 4.78 is 10.4. The van der Waals surface area contributed by atoms with E-state index in [2.05, 4.69) is 0 Å². The number of hydrogen-bond acceptors (Lipinski definition) is 5. The molecule has 1 fully saturated rings. The van der Waals surface area contributed by atoms with Crippen LogP contribution in [-0.2, 0) is 11.2 Å². The zero-order chi connectivity index (χ0) is 16.8. The van der Waals surface area contributed by atoms with Gasteiger partial charge in [-0.1, -0.05) is 0 Å². The number of benzene rings is 1. The first kappa shape index (κ1) is 17.1. The van der Waals surface area contributed by atoms with Crippen LogP contribution in [0.1, 0.15) is 31.7 Å². The monoisotopic (exact) mass is 322 g/mol. The number of nitro benzene ring substituents is 1. The normalized spacial score (nSPS) is 17.1. The van der Waals surface area contributed by atoms with Crippen molar-refractivity contribution < 1.29 is 19.2 Å². The summed E-state index contributed by atoms with van der Waals surface area (Å²) in [5, 5.41) is 10.9. The maximum atomic E-state index is 11.9. The molecule has 1 aliphatic heterocycles. The summed E-state index contributed by atoms with van der Waals surface area (Å²) in [4.78, 5) is 24.2. The molecular formula is C16H22N2O5. The van der Waals surface area contributed by atoms with Crippen LogP contribution in [0.2, 0.25) is 0 Å². The zero-order valence-corrected chi connectivity index (χ0v) is 13.5. The van der Waals surface area contributed by atoms with Crippen LogP contribution in [0.3, 0.4) is 0 Å². The second-order valence-corrected chi connectivity index (χ2v) is 5.48. The lowest BCUT2D eigenvalue weighted by Crippen LogP contribution is -2.36. The molecule has 1 saturated heterocycles. The van der Waals surface area contributed by atoms with Crippen LogP contribution in [0, 0.1) is 10.1 Å². The average molecular weight is 322 g/mol. The molecule has 23 heavy (non-hydrogen) atoms. The molecule has 0 spiro atoms. The van der Waals surface area contributed by atoms with Gasteiger partial charge in [0.2, 0.25) is 0 Å². The molecule has 0 bridgehead atoms. The van der Waals surface area contributed by atoms with E-state index in [1.807, 2.05) is 0 Å². The van der Waals surface area contributed by atoms with E-state index >= 15 is 0 Å². The van der Waals surface area contributed by atoms with Crippen LogP contribution in [0.5, 0.6) is 5.75 Å². The van der Waals surface area contributed by atoms with Crippen molar-refractivity contribution in [2.24, 2.45) is 0 Å². The Hall–Kier alpha value is -2.31. The van der Waals surface area contributed by atoms with Crippen molar-refractivity contribution in [3.05, 3.63) is 33.9 Å². The summed E-state index contributed by atoms with van der Waals surface area (Å²) in [6.45, 7) is 2.85. The number of likely N-dealkylation sites (tertiary alicyclic amines) is 1. The molecule has 1 aromatic carbocycles. The Kier molecular flexibility index (Phi) is 5.78. The van der Waals surface area contributed by atoms with Crippen LogP contribution in [0.4, 0.5) is 10.5 Å². The third-order valence-electron chi connectivity index (χ3n) is 4.10. The number of carbonyl (C=O) groups excluding carboxylic acids is 1. The molecule has 7 heteroatoms. The minimum Gasteiger partial charge on any atom is -0.496 e. The number of amides is 1. The fourth-order valence-corrected chi connectivity index (χ4v) is 2.98. The Balaban J connectivity index is 2.06. The Bertz CT molecular complexity index is 576. The van der Waals surface area contributed by atoms with Crippen molar-refractivity contribution >= 4 is 11.8 Å². The van der Waals surface area contributed by atoms with Crippen LogP contribution < -0.4 is 4.74 Å². The molecule has 1 heterocycles. The van der Waals surface area contributed by atoms with Crippen LogP contribution >= 0.6 is 0 Å². The summed E-state index contributed by atoms with van der Waals surface area (Å²) >= 11 is 0. The third-order valence-corrected chi connectivity index (χ3v) is 4.10. The van der Waals surface area contributed by atoms with Gasteiger partial charge in [0.25, 0.3) is 5.69 Å². The lowest BCUT2D eigenvalue weighted by molar-refractivity contribution is -0.384. The molecule has 1 amide bonds. The highest BCUT2D eigenvalue weighted by atomic mass is 16.6. The second kappa shape index (κ2) is 7.80. The molecule has 126 valence electrons. The van der Waals surface area contributed by atoms with Crippen molar-refractivity contribution in [3.8, 4) is 5.75 Å². The molecule has 7 nitrogen and oxygen atoms in total. The summed E-state index contributed by atoms with van der Waals surface area (Å²) in [6, 6.07) is 4.70. The fourth-order valence-electron chi connectivity index (χ4n) is 2.98. The Morgan fingerprint density at radius 3 is 2.91 bits per heavy atom. The molecule has 1 unspecified atom stereocenters. The number of nitro groups is 1. The second-order valence-electron chi connectivity index (χ2n) is 5.48. The van der Waals surface area contributed by atoms with E-state index in [0.29, 0.717) is 25.3 Å². The smallest absolute Gasteiger partial charge is 0.409 e. The van der Waals surface area contributed by atoms with Gasteiger partial charge in [-0.15, -0.1) is 0 Å². The predicted molar refractivity (Wildman–Crippen MR) is 84.7 cm³/mol. The van der Waals surface area contributed by atoms with E-state index in [1.54, 1.807) is 31.1 Å². The number of non-ortho nitro benzene ring substituents is 1. The molecule has 0 saturated carbocycles. The van der Waals surface area contributed by atoms with E-state index < -0.39 is 4.92 Å². The molecule has 0 N–H and O–H groups in total. The van der Waals surface area contributed by atoms with E-state index in [0.717, 1.165) is 24.8 Å². The van der Waals surface area contributed by atoms with Gasteiger partial charge in [-0.2, -0.15) is 0 Å². The number of hydrogen-bond donors (Lipinski definition) is 0. The van der Waals surface area contributed by atoms with E-state index in [4.69, 9.17) is 9.47 Å². The lowest BCUT2D eigenvalue weighted by Gasteiger charge is -2.24. The number of carbonyl (C=O) groups is 1. The highest BCUT2D eigenvalue weighted by Crippen LogP contribution is 2.28. The van der Waals surface area contributed by atoms with Crippen molar-refractivity contribution in [2.75, 3.05) is 20.3 Å². The van der Waals surface area contributed by atoms with Gasteiger partial charge in [-0.3, -0.25) is 10.1 Å². The summed E-state index contributed by atoms with van der Waals surface area (Å²) in [5.74, 6) is 0.635. The first-order valence-corrected chi connectivity index (χ1v) is 7.81. The van der Waals surface area contributed by atoms with Gasteiger partial charge in [-0.05, 0) is 38.7 Å². The number of methoxy groups -OCH3 is 1. The lowest BCUT2D eigenvalue weighted by atomic mass is 10.0. The molecule has 1 atom stereocenters. The molecule has 1 aromatic rings. The van der Waals surface area contributed by atoms with Crippen LogP contribution in [0.25, 0.3) is 0 Å². The number of rotatable bonds is 6. The third kappa shape index (κ3) is 4.12. The van der Waals surface area contributed by atoms with Gasteiger partial charge in [0.05, 0.1) is 18.6 Å². The maximum Gasteiger partial charge on any atom is 0.409 e. The quantitative estimate of drug-likeness (QED) is 0.593. The summed E-state index contributed by atoms with van der Waals surface area (Å²) in [6.07, 6.45) is 2.95. The topological polar surface area (TPSA) is 81.9 Å². The van der Waals surface area contributed by atoms with Gasteiger partial charge >= 0.3 is 6.09 Å². The first-order chi connectivity index (χ1) is 11.1. The zero-order valence-electron chi connectivity index (χ0n) is 13.5. The van der Waals surface area contributed by atoms with E-state index in [9.17, 15) is 14.9 Å². The Morgan fingerprint density at radius 2 is 2.26 bits per heavy atom. The van der Waals surface area contributed by atoms with Crippen molar-refractivity contribution in [2.45, 2.75) is 38.6 Å². The van der Waals surface area contributed by atoms with E-state index in [-0.39, 0.29) is 17.8 Å². The van der Waals surface area contributed by atoms with Crippen LogP contribution in [0.15, 0.2) is 18.2 Å². The number of ether oxygens (including phenoxy) is 2. The largest absolute Gasteiger partial charge is 0.496 e. The van der Waals surface area contributed by atoms with Crippen molar-refractivity contribution in [1.29, 1.82) is 0 Å². The van der Waals surface area contributed by atoms with Crippen LogP contribution in [-0.4, -0.2) is 42.2 Å². The van der Waals surface area contributed by atoms with Crippen molar-refractivity contribution in [1.82, 2.24) is 4.90 Å². The van der Waals surface area contributed by atoms with Gasteiger partial charge in [0.15, 0.2) is 0 Å². The molecule has 0 aromatic heterocycles. The fraction of sp³-hybridized carbons (Fsp3) is 0.562. The van der Waals surface area contributed by atoms with Crippen molar-refractivity contribution in [3.63, 3.8) is 0 Å². The summed E-state index contributed by atoms with van der Waals surface area (Å²) in [5.41, 5.74) is 0.840. The Labute approximate surface area is 135 Å². The molecule has 1 aliphatic rings. The Morgan fingerprint density at radius 1 is 1.48 bits per heavy atom. The van der Waals surface area contributed by atoms with Gasteiger partial charge in [0, 0.05) is 30.3 Å². The van der Waals surface area contributed by atoms with Gasteiger partial charge in [0.1, 0.15) is 5.75 Å². The average Bonchev–Trinajstić information content (AvgIpc) is 3.01. The maximum absolute atomic E-state index is 11.9. The highest BCUT2D eigenvalue weighted by Gasteiger charge is 2.29. The predicted octanol–water partition coefficient (Wildman–Crippen LogP) is 3.16. The number of aryl methyl sites for hydroxylation is 1. The summed E-state index contributed by atoms with van der Waals surface area (Å²) in [7, 11) is 1.55. The number of nitrogens with zero attached hydrogens (tertiary/aromatic N) is 2. The highest BCUT2D eigenvalue weighted by molar-refractivity contribution is 5.68.